The smallest absolute Gasteiger partial charge is 0.275 e. The summed E-state index contributed by atoms with van der Waals surface area (Å²) in [5.41, 5.74) is 0.404. The topological polar surface area (TPSA) is 93.5 Å². The summed E-state index contributed by atoms with van der Waals surface area (Å²) in [5, 5.41) is 16.4. The summed E-state index contributed by atoms with van der Waals surface area (Å²) < 4.78 is 4.98. The van der Waals surface area contributed by atoms with Gasteiger partial charge in [-0.25, -0.2) is 0 Å². The van der Waals surface area contributed by atoms with Crippen LogP contribution in [0.5, 0.6) is 5.75 Å². The van der Waals surface area contributed by atoms with Crippen molar-refractivity contribution in [1.29, 1.82) is 0 Å². The third-order valence-electron chi connectivity index (χ3n) is 2.73. The number of benzene rings is 1. The first-order valence-corrected chi connectivity index (χ1v) is 5.95. The number of nitro groups is 1. The Kier molecular flexibility index (Phi) is 3.84. The number of nitro benzene ring substituents is 1. The molecule has 2 rings (SSSR count). The molecule has 102 valence electrons. The number of nitrogens with one attached hydrogen (secondary N) is 2. The number of rotatable bonds is 6. The first kappa shape index (κ1) is 13.1. The molecule has 0 bridgehead atoms. The zero-order valence-corrected chi connectivity index (χ0v) is 10.5. The van der Waals surface area contributed by atoms with E-state index in [1.165, 1.54) is 19.2 Å². The van der Waals surface area contributed by atoms with Crippen LogP contribution in [0.1, 0.15) is 12.8 Å². The highest BCUT2D eigenvalue weighted by Crippen LogP contribution is 2.25. The Morgan fingerprint density at radius 2 is 2.21 bits per heavy atom. The molecule has 1 aromatic carbocycles. The minimum atomic E-state index is -0.502. The predicted octanol–water partition coefficient (Wildman–Crippen LogP) is 1.29. The number of carbonyl (C=O) groups excluding carboxylic acids is 1. The van der Waals surface area contributed by atoms with Crippen LogP contribution in [-0.2, 0) is 4.79 Å². The zero-order valence-electron chi connectivity index (χ0n) is 10.5. The Labute approximate surface area is 110 Å². The van der Waals surface area contributed by atoms with Gasteiger partial charge in [-0.1, -0.05) is 0 Å². The van der Waals surface area contributed by atoms with E-state index in [0.29, 0.717) is 17.5 Å². The number of hydrogen-bond donors (Lipinski definition) is 2. The molecule has 1 aromatic rings. The molecular weight excluding hydrogens is 250 g/mol. The maximum Gasteiger partial charge on any atom is 0.275 e. The Morgan fingerprint density at radius 1 is 1.47 bits per heavy atom. The van der Waals surface area contributed by atoms with Gasteiger partial charge < -0.3 is 15.4 Å². The van der Waals surface area contributed by atoms with E-state index < -0.39 is 4.92 Å². The third-order valence-corrected chi connectivity index (χ3v) is 2.73. The van der Waals surface area contributed by atoms with Crippen LogP contribution in [0.25, 0.3) is 0 Å². The lowest BCUT2D eigenvalue weighted by molar-refractivity contribution is -0.384. The minimum Gasteiger partial charge on any atom is -0.496 e. The van der Waals surface area contributed by atoms with Crippen LogP contribution in [0.2, 0.25) is 0 Å². The average Bonchev–Trinajstić information content (AvgIpc) is 3.19. The van der Waals surface area contributed by atoms with Crippen LogP contribution in [0.3, 0.4) is 0 Å². The van der Waals surface area contributed by atoms with E-state index in [9.17, 15) is 14.9 Å². The SMILES string of the molecule is COc1cc(NCC(=O)NC2CC2)cc([N+](=O)[O-])c1. The summed E-state index contributed by atoms with van der Waals surface area (Å²) >= 11 is 0. The highest BCUT2D eigenvalue weighted by molar-refractivity contribution is 5.81. The number of hydrogen-bond acceptors (Lipinski definition) is 5. The number of carbonyl (C=O) groups is 1. The van der Waals surface area contributed by atoms with Crippen molar-refractivity contribution in [3.8, 4) is 5.75 Å². The van der Waals surface area contributed by atoms with Gasteiger partial charge in [0, 0.05) is 23.9 Å². The second kappa shape index (κ2) is 5.55. The monoisotopic (exact) mass is 265 g/mol. The van der Waals surface area contributed by atoms with Crippen molar-refractivity contribution in [3.05, 3.63) is 28.3 Å². The van der Waals surface area contributed by atoms with Gasteiger partial charge >= 0.3 is 0 Å². The molecule has 0 atom stereocenters. The van der Waals surface area contributed by atoms with Gasteiger partial charge in [0.2, 0.25) is 5.91 Å². The van der Waals surface area contributed by atoms with Gasteiger partial charge in [-0.2, -0.15) is 0 Å². The van der Waals surface area contributed by atoms with E-state index in [4.69, 9.17) is 4.74 Å². The number of amides is 1. The largest absolute Gasteiger partial charge is 0.496 e. The van der Waals surface area contributed by atoms with Crippen LogP contribution < -0.4 is 15.4 Å². The van der Waals surface area contributed by atoms with Crippen LogP contribution in [-0.4, -0.2) is 30.5 Å². The Hall–Kier alpha value is -2.31. The van der Waals surface area contributed by atoms with Crippen molar-refractivity contribution in [2.75, 3.05) is 19.0 Å². The lowest BCUT2D eigenvalue weighted by Gasteiger charge is -2.08. The fourth-order valence-electron chi connectivity index (χ4n) is 1.60. The summed E-state index contributed by atoms with van der Waals surface area (Å²) in [7, 11) is 1.43. The fraction of sp³-hybridized carbons (Fsp3) is 0.417. The van der Waals surface area contributed by atoms with Crippen LogP contribution in [0.15, 0.2) is 18.2 Å². The van der Waals surface area contributed by atoms with Crippen molar-refractivity contribution in [2.24, 2.45) is 0 Å². The van der Waals surface area contributed by atoms with Crippen molar-refractivity contribution in [3.63, 3.8) is 0 Å². The predicted molar refractivity (Wildman–Crippen MR) is 69.3 cm³/mol. The molecular formula is C12H15N3O4. The molecule has 0 aromatic heterocycles. The molecule has 7 nitrogen and oxygen atoms in total. The Bertz CT molecular complexity index is 500. The molecule has 0 saturated heterocycles. The van der Waals surface area contributed by atoms with Gasteiger partial charge in [0.25, 0.3) is 5.69 Å². The molecule has 0 aliphatic heterocycles. The summed E-state index contributed by atoms with van der Waals surface area (Å²) in [4.78, 5) is 21.8. The summed E-state index contributed by atoms with van der Waals surface area (Å²) in [6.07, 6.45) is 2.05. The first-order chi connectivity index (χ1) is 9.08. The maximum atomic E-state index is 11.5. The van der Waals surface area contributed by atoms with Crippen molar-refractivity contribution >= 4 is 17.3 Å². The molecule has 2 N–H and O–H groups in total. The number of nitrogens with zero attached hydrogens (tertiary/aromatic N) is 1. The van der Waals surface area contributed by atoms with Crippen LogP contribution in [0.4, 0.5) is 11.4 Å². The Balaban J connectivity index is 1.99. The normalized spacial score (nSPS) is 13.7. The van der Waals surface area contributed by atoms with Crippen LogP contribution >= 0.6 is 0 Å². The lowest BCUT2D eigenvalue weighted by atomic mass is 10.2. The quantitative estimate of drug-likeness (QED) is 0.597. The van der Waals surface area contributed by atoms with Crippen molar-refractivity contribution < 1.29 is 14.5 Å². The molecule has 1 aliphatic carbocycles. The van der Waals surface area contributed by atoms with Crippen LogP contribution in [0, 0.1) is 10.1 Å². The van der Waals surface area contributed by atoms with Gasteiger partial charge in [0.15, 0.2) is 0 Å². The molecule has 0 spiro atoms. The maximum absolute atomic E-state index is 11.5. The number of ether oxygens (including phenoxy) is 1. The average molecular weight is 265 g/mol. The number of methoxy groups -OCH3 is 1. The zero-order chi connectivity index (χ0) is 13.8. The van der Waals surface area contributed by atoms with E-state index in [0.717, 1.165) is 12.8 Å². The van der Waals surface area contributed by atoms with Crippen molar-refractivity contribution in [1.82, 2.24) is 5.32 Å². The van der Waals surface area contributed by atoms with E-state index >= 15 is 0 Å². The standard InChI is InChI=1S/C12H15N3O4/c1-19-11-5-9(4-10(6-11)15(17)18)13-7-12(16)14-8-2-3-8/h4-6,8,13H,2-3,7H2,1H3,(H,14,16). The van der Waals surface area contributed by atoms with Gasteiger partial charge in [0.1, 0.15) is 5.75 Å². The molecule has 7 heteroatoms. The summed E-state index contributed by atoms with van der Waals surface area (Å²) in [6, 6.07) is 4.61. The number of non-ortho nitro benzene ring substituents is 1. The molecule has 1 saturated carbocycles. The second-order valence-electron chi connectivity index (χ2n) is 4.37. The van der Waals surface area contributed by atoms with Gasteiger partial charge in [-0.05, 0) is 12.8 Å². The van der Waals surface area contributed by atoms with E-state index in [2.05, 4.69) is 10.6 Å². The summed E-state index contributed by atoms with van der Waals surface area (Å²) in [6.45, 7) is 0.0841. The highest BCUT2D eigenvalue weighted by Gasteiger charge is 2.22. The molecule has 1 amide bonds. The molecule has 0 unspecified atom stereocenters. The van der Waals surface area contributed by atoms with Gasteiger partial charge in [-0.3, -0.25) is 14.9 Å². The van der Waals surface area contributed by atoms with Crippen molar-refractivity contribution in [2.45, 2.75) is 18.9 Å². The molecule has 1 fully saturated rings. The van der Waals surface area contributed by atoms with E-state index in [-0.39, 0.29) is 18.1 Å². The Morgan fingerprint density at radius 3 is 2.79 bits per heavy atom. The molecule has 19 heavy (non-hydrogen) atoms. The van der Waals surface area contributed by atoms with E-state index in [1.54, 1.807) is 6.07 Å². The highest BCUT2D eigenvalue weighted by atomic mass is 16.6. The fourth-order valence-corrected chi connectivity index (χ4v) is 1.60. The van der Waals surface area contributed by atoms with E-state index in [1.807, 2.05) is 0 Å². The molecule has 1 aliphatic rings. The second-order valence-corrected chi connectivity index (χ2v) is 4.37. The lowest BCUT2D eigenvalue weighted by Crippen LogP contribution is -2.31. The summed E-state index contributed by atoms with van der Waals surface area (Å²) in [5.74, 6) is 0.257. The van der Waals surface area contributed by atoms with Gasteiger partial charge in [0.05, 0.1) is 24.6 Å². The first-order valence-electron chi connectivity index (χ1n) is 5.95. The number of anilines is 1. The molecule has 0 radical (unpaired) electrons. The third kappa shape index (κ3) is 3.84. The van der Waals surface area contributed by atoms with Gasteiger partial charge in [-0.15, -0.1) is 0 Å². The molecule has 0 heterocycles. The minimum absolute atomic E-state index is 0.0792.